The van der Waals surface area contributed by atoms with Gasteiger partial charge in [-0.2, -0.15) is 0 Å². The molecule has 0 aliphatic rings. The Bertz CT molecular complexity index is 171. The third-order valence-electron chi connectivity index (χ3n) is 1.54. The van der Waals surface area contributed by atoms with Gasteiger partial charge in [-0.25, -0.2) is 0 Å². The molecule has 0 aromatic heterocycles. The van der Waals surface area contributed by atoms with E-state index in [0.717, 1.165) is 6.42 Å². The molecule has 0 saturated heterocycles. The summed E-state index contributed by atoms with van der Waals surface area (Å²) in [5.41, 5.74) is 5.48. The molecule has 0 fully saturated rings. The Kier molecular flexibility index (Phi) is 8.17. The maximum Gasteiger partial charge on any atom is 0.323 e. The van der Waals surface area contributed by atoms with Crippen LogP contribution in [-0.2, 0) is 14.3 Å². The van der Waals surface area contributed by atoms with Gasteiger partial charge in [0, 0.05) is 6.61 Å². The van der Waals surface area contributed by atoms with Crippen molar-refractivity contribution in [3.8, 4) is 0 Å². The van der Waals surface area contributed by atoms with Crippen LogP contribution in [0.25, 0.3) is 0 Å². The van der Waals surface area contributed by atoms with Crippen LogP contribution in [0.15, 0.2) is 12.7 Å². The first-order chi connectivity index (χ1) is 6.72. The summed E-state index contributed by atoms with van der Waals surface area (Å²) in [5.74, 6) is -0.398. The molecular weight excluding hydrogens is 182 g/mol. The molecule has 0 spiro atoms. The lowest BCUT2D eigenvalue weighted by atomic mass is 10.2. The molecule has 4 heteroatoms. The monoisotopic (exact) mass is 201 g/mol. The zero-order chi connectivity index (χ0) is 10.8. The molecule has 0 aromatic rings. The molecule has 0 amide bonds. The van der Waals surface area contributed by atoms with E-state index in [1.165, 1.54) is 0 Å². The van der Waals surface area contributed by atoms with Gasteiger partial charge in [-0.05, 0) is 12.8 Å². The van der Waals surface area contributed by atoms with Crippen LogP contribution < -0.4 is 5.73 Å². The molecule has 4 nitrogen and oxygen atoms in total. The van der Waals surface area contributed by atoms with Crippen molar-refractivity contribution in [2.45, 2.75) is 25.8 Å². The predicted octanol–water partition coefficient (Wildman–Crippen LogP) is 0.860. The first-order valence-corrected chi connectivity index (χ1v) is 4.83. The Morgan fingerprint density at radius 3 is 2.79 bits per heavy atom. The minimum atomic E-state index is -0.598. The SMILES string of the molecule is C=CCC(N)C(=O)OCCOCCC. The summed E-state index contributed by atoms with van der Waals surface area (Å²) in [5, 5.41) is 0. The van der Waals surface area contributed by atoms with E-state index in [2.05, 4.69) is 6.58 Å². The van der Waals surface area contributed by atoms with Crippen LogP contribution in [-0.4, -0.2) is 31.8 Å². The summed E-state index contributed by atoms with van der Waals surface area (Å²) in [4.78, 5) is 11.1. The van der Waals surface area contributed by atoms with E-state index in [0.29, 0.717) is 19.6 Å². The number of esters is 1. The second-order valence-corrected chi connectivity index (χ2v) is 2.91. The normalized spacial score (nSPS) is 12.1. The summed E-state index contributed by atoms with van der Waals surface area (Å²) in [6.07, 6.45) is 3.00. The van der Waals surface area contributed by atoms with Gasteiger partial charge in [-0.15, -0.1) is 6.58 Å². The largest absolute Gasteiger partial charge is 0.462 e. The van der Waals surface area contributed by atoms with Gasteiger partial charge in [-0.1, -0.05) is 13.0 Å². The molecule has 0 aliphatic carbocycles. The molecular formula is C10H19NO3. The zero-order valence-corrected chi connectivity index (χ0v) is 8.70. The first-order valence-electron chi connectivity index (χ1n) is 4.83. The smallest absolute Gasteiger partial charge is 0.323 e. The van der Waals surface area contributed by atoms with Gasteiger partial charge in [0.2, 0.25) is 0 Å². The lowest BCUT2D eigenvalue weighted by molar-refractivity contribution is -0.146. The second-order valence-electron chi connectivity index (χ2n) is 2.91. The molecule has 0 radical (unpaired) electrons. The van der Waals surface area contributed by atoms with Crippen molar-refractivity contribution < 1.29 is 14.3 Å². The standard InChI is InChI=1S/C10H19NO3/c1-3-5-9(11)10(12)14-8-7-13-6-4-2/h3,9H,1,4-8,11H2,2H3. The average molecular weight is 201 g/mol. The van der Waals surface area contributed by atoms with Gasteiger partial charge < -0.3 is 15.2 Å². The summed E-state index contributed by atoms with van der Waals surface area (Å²) < 4.78 is 10.0. The van der Waals surface area contributed by atoms with E-state index >= 15 is 0 Å². The highest BCUT2D eigenvalue weighted by atomic mass is 16.6. The summed E-state index contributed by atoms with van der Waals surface area (Å²) >= 11 is 0. The fourth-order valence-electron chi connectivity index (χ4n) is 0.830. The van der Waals surface area contributed by atoms with Gasteiger partial charge >= 0.3 is 5.97 Å². The van der Waals surface area contributed by atoms with Crippen LogP contribution in [0.5, 0.6) is 0 Å². The number of carbonyl (C=O) groups is 1. The number of hydrogen-bond acceptors (Lipinski definition) is 4. The molecule has 0 bridgehead atoms. The fraction of sp³-hybridized carbons (Fsp3) is 0.700. The van der Waals surface area contributed by atoms with Crippen LogP contribution in [0.4, 0.5) is 0 Å². The average Bonchev–Trinajstić information content (AvgIpc) is 2.17. The van der Waals surface area contributed by atoms with Gasteiger partial charge in [0.1, 0.15) is 12.6 Å². The van der Waals surface area contributed by atoms with E-state index in [4.69, 9.17) is 15.2 Å². The van der Waals surface area contributed by atoms with Crippen LogP contribution in [0.2, 0.25) is 0 Å². The van der Waals surface area contributed by atoms with Crippen LogP contribution >= 0.6 is 0 Å². The van der Waals surface area contributed by atoms with Crippen molar-refractivity contribution in [3.05, 3.63) is 12.7 Å². The van der Waals surface area contributed by atoms with Gasteiger partial charge in [-0.3, -0.25) is 4.79 Å². The molecule has 14 heavy (non-hydrogen) atoms. The van der Waals surface area contributed by atoms with Gasteiger partial charge in [0.15, 0.2) is 0 Å². The van der Waals surface area contributed by atoms with Crippen molar-refractivity contribution in [2.75, 3.05) is 19.8 Å². The molecule has 0 aliphatic heterocycles. The molecule has 0 heterocycles. The van der Waals surface area contributed by atoms with E-state index in [9.17, 15) is 4.79 Å². The fourth-order valence-corrected chi connectivity index (χ4v) is 0.830. The molecule has 1 unspecified atom stereocenters. The molecule has 1 atom stereocenters. The highest BCUT2D eigenvalue weighted by Crippen LogP contribution is 1.92. The van der Waals surface area contributed by atoms with Gasteiger partial charge in [0.25, 0.3) is 0 Å². The van der Waals surface area contributed by atoms with E-state index in [1.54, 1.807) is 6.08 Å². The van der Waals surface area contributed by atoms with Crippen molar-refractivity contribution in [3.63, 3.8) is 0 Å². The molecule has 82 valence electrons. The van der Waals surface area contributed by atoms with E-state index < -0.39 is 12.0 Å². The first kappa shape index (κ1) is 13.1. The van der Waals surface area contributed by atoms with E-state index in [1.807, 2.05) is 6.92 Å². The maximum atomic E-state index is 11.1. The molecule has 0 aromatic carbocycles. The molecule has 0 rings (SSSR count). The lowest BCUT2D eigenvalue weighted by Crippen LogP contribution is -2.32. The quantitative estimate of drug-likeness (QED) is 0.359. The minimum absolute atomic E-state index is 0.268. The van der Waals surface area contributed by atoms with Crippen LogP contribution in [0.3, 0.4) is 0 Å². The Hall–Kier alpha value is -0.870. The third kappa shape index (κ3) is 6.62. The van der Waals surface area contributed by atoms with Crippen molar-refractivity contribution in [2.24, 2.45) is 5.73 Å². The van der Waals surface area contributed by atoms with Gasteiger partial charge in [0.05, 0.1) is 6.61 Å². The number of rotatable bonds is 8. The highest BCUT2D eigenvalue weighted by Gasteiger charge is 2.12. The Labute approximate surface area is 85.1 Å². The summed E-state index contributed by atoms with van der Waals surface area (Å²) in [6, 6.07) is -0.598. The summed E-state index contributed by atoms with van der Waals surface area (Å²) in [6.45, 7) is 6.90. The zero-order valence-electron chi connectivity index (χ0n) is 8.70. The van der Waals surface area contributed by atoms with Crippen molar-refractivity contribution in [1.29, 1.82) is 0 Å². The Morgan fingerprint density at radius 1 is 1.50 bits per heavy atom. The Morgan fingerprint density at radius 2 is 2.21 bits per heavy atom. The number of nitrogens with two attached hydrogens (primary N) is 1. The molecule has 0 saturated carbocycles. The minimum Gasteiger partial charge on any atom is -0.462 e. The van der Waals surface area contributed by atoms with Crippen molar-refractivity contribution >= 4 is 5.97 Å². The van der Waals surface area contributed by atoms with E-state index in [-0.39, 0.29) is 6.61 Å². The predicted molar refractivity (Wildman–Crippen MR) is 54.9 cm³/mol. The lowest BCUT2D eigenvalue weighted by Gasteiger charge is -2.09. The van der Waals surface area contributed by atoms with Crippen LogP contribution in [0, 0.1) is 0 Å². The maximum absolute atomic E-state index is 11.1. The van der Waals surface area contributed by atoms with Crippen LogP contribution in [0.1, 0.15) is 19.8 Å². The number of carbonyl (C=O) groups excluding carboxylic acids is 1. The summed E-state index contributed by atoms with van der Waals surface area (Å²) in [7, 11) is 0. The second kappa shape index (κ2) is 8.72. The highest BCUT2D eigenvalue weighted by molar-refractivity contribution is 5.75. The number of hydrogen-bond donors (Lipinski definition) is 1. The van der Waals surface area contributed by atoms with Crippen molar-refractivity contribution in [1.82, 2.24) is 0 Å². The number of ether oxygens (including phenoxy) is 2. The third-order valence-corrected chi connectivity index (χ3v) is 1.54. The topological polar surface area (TPSA) is 61.6 Å². The molecule has 2 N–H and O–H groups in total. The Balaban J connectivity index is 3.38.